The van der Waals surface area contributed by atoms with E-state index in [1.807, 2.05) is 38.1 Å². The normalized spacial score (nSPS) is 11.4. The third-order valence-electron chi connectivity index (χ3n) is 2.57. The molecule has 0 unspecified atom stereocenters. The Morgan fingerprint density at radius 2 is 2.00 bits per heavy atom. The molecule has 0 bridgehead atoms. The molecule has 0 spiro atoms. The summed E-state index contributed by atoms with van der Waals surface area (Å²) in [5, 5.41) is 0. The molecule has 2 rings (SSSR count). The van der Waals surface area contributed by atoms with Gasteiger partial charge < -0.3 is 0 Å². The van der Waals surface area contributed by atoms with Gasteiger partial charge >= 0.3 is 0 Å². The Labute approximate surface area is 112 Å². The SMILES string of the molecule is CCc1cccc(NS(=O)(=O)c2ccc(C)s2)c1. The van der Waals surface area contributed by atoms with Crippen LogP contribution in [0.15, 0.2) is 40.6 Å². The highest BCUT2D eigenvalue weighted by Crippen LogP contribution is 2.23. The lowest BCUT2D eigenvalue weighted by Gasteiger charge is -2.07. The van der Waals surface area contributed by atoms with E-state index in [2.05, 4.69) is 4.72 Å². The monoisotopic (exact) mass is 281 g/mol. The number of benzene rings is 1. The maximum absolute atomic E-state index is 12.1. The van der Waals surface area contributed by atoms with E-state index in [-0.39, 0.29) is 0 Å². The molecular weight excluding hydrogens is 266 g/mol. The van der Waals surface area contributed by atoms with Crippen LogP contribution < -0.4 is 4.72 Å². The van der Waals surface area contributed by atoms with Crippen molar-refractivity contribution in [2.45, 2.75) is 24.5 Å². The van der Waals surface area contributed by atoms with Crippen molar-refractivity contribution in [1.82, 2.24) is 0 Å². The van der Waals surface area contributed by atoms with Gasteiger partial charge in [-0.3, -0.25) is 4.72 Å². The fourth-order valence-electron chi connectivity index (χ4n) is 1.62. The van der Waals surface area contributed by atoms with Crippen molar-refractivity contribution in [3.8, 4) is 0 Å². The van der Waals surface area contributed by atoms with Crippen molar-refractivity contribution in [2.24, 2.45) is 0 Å². The molecule has 0 amide bonds. The Bertz CT molecular complexity index is 645. The zero-order valence-corrected chi connectivity index (χ0v) is 11.9. The van der Waals surface area contributed by atoms with Crippen LogP contribution in [0, 0.1) is 6.92 Å². The second kappa shape index (κ2) is 5.12. The number of nitrogens with one attached hydrogen (secondary N) is 1. The fourth-order valence-corrected chi connectivity index (χ4v) is 3.95. The van der Waals surface area contributed by atoms with Crippen LogP contribution >= 0.6 is 11.3 Å². The molecule has 0 atom stereocenters. The summed E-state index contributed by atoms with van der Waals surface area (Å²) in [7, 11) is -3.45. The first kappa shape index (κ1) is 13.1. The standard InChI is InChI=1S/C13H15NO2S2/c1-3-11-5-4-6-12(9-11)14-18(15,16)13-8-7-10(2)17-13/h4-9,14H,3H2,1-2H3. The summed E-state index contributed by atoms with van der Waals surface area (Å²) in [5.41, 5.74) is 1.72. The van der Waals surface area contributed by atoms with Crippen molar-refractivity contribution in [3.63, 3.8) is 0 Å². The van der Waals surface area contributed by atoms with Crippen LogP contribution in [0.4, 0.5) is 5.69 Å². The molecule has 0 saturated carbocycles. The molecule has 3 nitrogen and oxygen atoms in total. The number of rotatable bonds is 4. The van der Waals surface area contributed by atoms with Gasteiger partial charge in [0.05, 0.1) is 0 Å². The summed E-state index contributed by atoms with van der Waals surface area (Å²) >= 11 is 1.27. The second-order valence-electron chi connectivity index (χ2n) is 4.02. The van der Waals surface area contributed by atoms with Crippen LogP contribution in [0.3, 0.4) is 0 Å². The molecule has 1 aromatic heterocycles. The molecule has 2 aromatic rings. The fraction of sp³-hybridized carbons (Fsp3) is 0.231. The molecule has 18 heavy (non-hydrogen) atoms. The van der Waals surface area contributed by atoms with Gasteiger partial charge in [0.25, 0.3) is 10.0 Å². The van der Waals surface area contributed by atoms with Crippen LogP contribution in [0.25, 0.3) is 0 Å². The first-order valence-electron chi connectivity index (χ1n) is 5.69. The van der Waals surface area contributed by atoms with Crippen LogP contribution in [-0.2, 0) is 16.4 Å². The minimum Gasteiger partial charge on any atom is -0.279 e. The number of hydrogen-bond donors (Lipinski definition) is 1. The summed E-state index contributed by atoms with van der Waals surface area (Å²) in [6.45, 7) is 3.93. The van der Waals surface area contributed by atoms with E-state index in [4.69, 9.17) is 0 Å². The Morgan fingerprint density at radius 1 is 1.22 bits per heavy atom. The van der Waals surface area contributed by atoms with E-state index in [9.17, 15) is 8.42 Å². The first-order chi connectivity index (χ1) is 8.51. The largest absolute Gasteiger partial charge is 0.279 e. The molecule has 0 fully saturated rings. The zero-order valence-electron chi connectivity index (χ0n) is 10.3. The zero-order chi connectivity index (χ0) is 13.2. The molecule has 1 aromatic carbocycles. The Hall–Kier alpha value is -1.33. The van der Waals surface area contributed by atoms with Gasteiger partial charge in [-0.2, -0.15) is 0 Å². The van der Waals surface area contributed by atoms with Gasteiger partial charge in [0.1, 0.15) is 4.21 Å². The summed E-state index contributed by atoms with van der Waals surface area (Å²) in [5.74, 6) is 0. The lowest BCUT2D eigenvalue weighted by atomic mass is 10.1. The minimum absolute atomic E-state index is 0.349. The van der Waals surface area contributed by atoms with Crippen LogP contribution in [0.5, 0.6) is 0 Å². The highest BCUT2D eigenvalue weighted by molar-refractivity contribution is 7.94. The van der Waals surface area contributed by atoms with E-state index in [1.54, 1.807) is 12.1 Å². The van der Waals surface area contributed by atoms with Crippen molar-refractivity contribution in [3.05, 3.63) is 46.8 Å². The van der Waals surface area contributed by atoms with Crippen molar-refractivity contribution in [2.75, 3.05) is 4.72 Å². The number of hydrogen-bond acceptors (Lipinski definition) is 3. The van der Waals surface area contributed by atoms with Crippen molar-refractivity contribution in [1.29, 1.82) is 0 Å². The van der Waals surface area contributed by atoms with Gasteiger partial charge in [0.2, 0.25) is 0 Å². The van der Waals surface area contributed by atoms with Gasteiger partial charge in [-0.15, -0.1) is 11.3 Å². The van der Waals surface area contributed by atoms with Crippen molar-refractivity contribution < 1.29 is 8.42 Å². The number of thiophene rings is 1. The molecule has 0 radical (unpaired) electrons. The lowest BCUT2D eigenvalue weighted by molar-refractivity contribution is 0.603. The Morgan fingerprint density at radius 3 is 2.61 bits per heavy atom. The second-order valence-corrected chi connectivity index (χ2v) is 7.22. The maximum Gasteiger partial charge on any atom is 0.271 e. The third-order valence-corrected chi connectivity index (χ3v) is 5.44. The number of aryl methyl sites for hydroxylation is 2. The van der Waals surface area contributed by atoms with Crippen LogP contribution in [-0.4, -0.2) is 8.42 Å². The average molecular weight is 281 g/mol. The van der Waals surface area contributed by atoms with E-state index in [0.717, 1.165) is 16.9 Å². The smallest absolute Gasteiger partial charge is 0.271 e. The quantitative estimate of drug-likeness (QED) is 0.933. The maximum atomic E-state index is 12.1. The van der Waals surface area contributed by atoms with Gasteiger partial charge in [0, 0.05) is 10.6 Å². The molecule has 1 N–H and O–H groups in total. The van der Waals surface area contributed by atoms with E-state index >= 15 is 0 Å². The highest BCUT2D eigenvalue weighted by atomic mass is 32.2. The predicted molar refractivity (Wildman–Crippen MR) is 75.7 cm³/mol. The summed E-state index contributed by atoms with van der Waals surface area (Å²) in [6.07, 6.45) is 0.883. The van der Waals surface area contributed by atoms with Gasteiger partial charge in [-0.25, -0.2) is 8.42 Å². The Kier molecular flexibility index (Phi) is 3.73. The molecule has 5 heteroatoms. The molecule has 1 heterocycles. The average Bonchev–Trinajstić information content (AvgIpc) is 2.76. The summed E-state index contributed by atoms with van der Waals surface area (Å²) in [6, 6.07) is 10.9. The predicted octanol–water partition coefficient (Wildman–Crippen LogP) is 3.42. The molecule has 0 aliphatic heterocycles. The highest BCUT2D eigenvalue weighted by Gasteiger charge is 2.16. The summed E-state index contributed by atoms with van der Waals surface area (Å²) < 4.78 is 27.2. The molecule has 0 aliphatic carbocycles. The Balaban J connectivity index is 2.27. The van der Waals surface area contributed by atoms with Gasteiger partial charge in [0.15, 0.2) is 0 Å². The summed E-state index contributed by atoms with van der Waals surface area (Å²) in [4.78, 5) is 0.984. The minimum atomic E-state index is -3.45. The van der Waals surface area contributed by atoms with E-state index < -0.39 is 10.0 Å². The number of anilines is 1. The van der Waals surface area contributed by atoms with Gasteiger partial charge in [-0.1, -0.05) is 19.1 Å². The molecule has 0 aliphatic rings. The van der Waals surface area contributed by atoms with Crippen LogP contribution in [0.2, 0.25) is 0 Å². The van der Waals surface area contributed by atoms with Crippen molar-refractivity contribution >= 4 is 27.0 Å². The lowest BCUT2D eigenvalue weighted by Crippen LogP contribution is -2.11. The number of sulfonamides is 1. The third kappa shape index (κ3) is 2.91. The van der Waals surface area contributed by atoms with E-state index in [1.165, 1.54) is 11.3 Å². The topological polar surface area (TPSA) is 46.2 Å². The molecule has 0 saturated heterocycles. The van der Waals surface area contributed by atoms with Crippen LogP contribution in [0.1, 0.15) is 17.4 Å². The molecule has 96 valence electrons. The molecular formula is C13H15NO2S2. The van der Waals surface area contributed by atoms with E-state index in [0.29, 0.717) is 9.90 Å². The van der Waals surface area contributed by atoms with Gasteiger partial charge in [-0.05, 0) is 43.2 Å². The first-order valence-corrected chi connectivity index (χ1v) is 7.99.